The van der Waals surface area contributed by atoms with Crippen molar-refractivity contribution in [3.05, 3.63) is 33.8 Å². The zero-order valence-corrected chi connectivity index (χ0v) is 13.3. The lowest BCUT2D eigenvalue weighted by Gasteiger charge is -2.14. The highest BCUT2D eigenvalue weighted by Crippen LogP contribution is 2.26. The maximum absolute atomic E-state index is 9.34. The smallest absolute Gasteiger partial charge is 0.0939 e. The quantitative estimate of drug-likeness (QED) is 0.802. The minimum Gasteiger partial charge on any atom is -0.387 e. The van der Waals surface area contributed by atoms with Gasteiger partial charge in [0.15, 0.2) is 0 Å². The van der Waals surface area contributed by atoms with Crippen LogP contribution in [0.1, 0.15) is 32.4 Å². The minimum absolute atomic E-state index is 0.0417. The van der Waals surface area contributed by atoms with Gasteiger partial charge in [0.25, 0.3) is 0 Å². The van der Waals surface area contributed by atoms with Crippen molar-refractivity contribution in [3.63, 3.8) is 0 Å². The van der Waals surface area contributed by atoms with Crippen LogP contribution >= 0.6 is 34.8 Å². The predicted octanol–water partition coefficient (Wildman–Crippen LogP) is 4.70. The van der Waals surface area contributed by atoms with Gasteiger partial charge in [0.1, 0.15) is 0 Å². The number of aliphatic hydroxyl groups is 1. The van der Waals surface area contributed by atoms with E-state index in [0.717, 1.165) is 0 Å². The molecule has 0 spiro atoms. The van der Waals surface area contributed by atoms with Gasteiger partial charge in [-0.3, -0.25) is 0 Å². The number of ether oxygens (including phenoxy) is 1. The first-order chi connectivity index (χ1) is 8.21. The molecular weight excluding hydrogens is 294 g/mol. The van der Waals surface area contributed by atoms with Crippen molar-refractivity contribution in [3.8, 4) is 0 Å². The van der Waals surface area contributed by atoms with E-state index in [2.05, 4.69) is 0 Å². The van der Waals surface area contributed by atoms with Crippen molar-refractivity contribution in [2.24, 2.45) is 0 Å². The van der Waals surface area contributed by atoms with Crippen LogP contribution in [0.2, 0.25) is 10.0 Å². The number of rotatable bonds is 2. The van der Waals surface area contributed by atoms with Gasteiger partial charge in [-0.15, -0.1) is 11.6 Å². The topological polar surface area (TPSA) is 29.5 Å². The van der Waals surface area contributed by atoms with Gasteiger partial charge in [0, 0.05) is 22.7 Å². The monoisotopic (exact) mass is 312 g/mol. The fourth-order valence-electron chi connectivity index (χ4n) is 0.855. The Balaban J connectivity index is 0.000000411. The average Bonchev–Trinajstić information content (AvgIpc) is 2.28. The predicted molar refractivity (Wildman–Crippen MR) is 78.9 cm³/mol. The fraction of sp³-hybridized carbons (Fsp3) is 0.538. The summed E-state index contributed by atoms with van der Waals surface area (Å²) in [6, 6.07) is 4.91. The lowest BCUT2D eigenvalue weighted by molar-refractivity contribution is 0.0397. The molecule has 1 aromatic rings. The van der Waals surface area contributed by atoms with Crippen molar-refractivity contribution < 1.29 is 9.84 Å². The molecule has 0 aliphatic rings. The summed E-state index contributed by atoms with van der Waals surface area (Å²) in [4.78, 5) is 0. The van der Waals surface area contributed by atoms with Crippen LogP contribution in [-0.4, -0.2) is 23.7 Å². The summed E-state index contributed by atoms with van der Waals surface area (Å²) < 4.78 is 4.94. The van der Waals surface area contributed by atoms with Gasteiger partial charge in [0.05, 0.1) is 17.6 Å². The van der Waals surface area contributed by atoms with E-state index >= 15 is 0 Å². The average molecular weight is 314 g/mol. The van der Waals surface area contributed by atoms with Crippen LogP contribution in [0.4, 0.5) is 0 Å². The largest absolute Gasteiger partial charge is 0.387 e. The molecule has 0 bridgehead atoms. The van der Waals surface area contributed by atoms with Crippen molar-refractivity contribution >= 4 is 34.8 Å². The van der Waals surface area contributed by atoms with Crippen molar-refractivity contribution in [1.82, 2.24) is 0 Å². The Morgan fingerprint density at radius 2 is 1.78 bits per heavy atom. The molecule has 5 heteroatoms. The van der Waals surface area contributed by atoms with E-state index in [1.165, 1.54) is 0 Å². The molecule has 2 nitrogen and oxygen atoms in total. The van der Waals surface area contributed by atoms with E-state index in [0.29, 0.717) is 15.6 Å². The van der Waals surface area contributed by atoms with Crippen LogP contribution < -0.4 is 0 Å². The van der Waals surface area contributed by atoms with Gasteiger partial charge < -0.3 is 9.84 Å². The Labute approximate surface area is 124 Å². The van der Waals surface area contributed by atoms with Gasteiger partial charge in [0.2, 0.25) is 0 Å². The van der Waals surface area contributed by atoms with Gasteiger partial charge in [-0.2, -0.15) is 0 Å². The highest BCUT2D eigenvalue weighted by molar-refractivity contribution is 6.35. The number of hydrogen-bond acceptors (Lipinski definition) is 2. The Bertz CT molecular complexity index is 362. The molecule has 0 amide bonds. The molecule has 0 saturated heterocycles. The third-order valence-electron chi connectivity index (χ3n) is 2.08. The number of aliphatic hydroxyl groups excluding tert-OH is 1. The summed E-state index contributed by atoms with van der Waals surface area (Å²) in [7, 11) is 1.71. The van der Waals surface area contributed by atoms with Crippen molar-refractivity contribution in [1.29, 1.82) is 0 Å². The number of benzene rings is 1. The molecule has 0 fully saturated rings. The maximum atomic E-state index is 9.34. The summed E-state index contributed by atoms with van der Waals surface area (Å²) in [5.41, 5.74) is 0.649. The third-order valence-corrected chi connectivity index (χ3v) is 2.93. The van der Waals surface area contributed by atoms with Crippen LogP contribution in [-0.2, 0) is 4.74 Å². The third kappa shape index (κ3) is 7.45. The Kier molecular flexibility index (Phi) is 8.24. The highest BCUT2D eigenvalue weighted by Gasteiger charge is 2.09. The fourth-order valence-corrected chi connectivity index (χ4v) is 1.56. The molecule has 0 unspecified atom stereocenters. The summed E-state index contributed by atoms with van der Waals surface area (Å²) in [5.74, 6) is 0.126. The molecule has 1 aromatic carbocycles. The summed E-state index contributed by atoms with van der Waals surface area (Å²) in [5, 5.41) is 10.3. The first-order valence-electron chi connectivity index (χ1n) is 5.45. The Morgan fingerprint density at radius 1 is 1.28 bits per heavy atom. The molecule has 104 valence electrons. The van der Waals surface area contributed by atoms with Crippen LogP contribution in [0.5, 0.6) is 0 Å². The van der Waals surface area contributed by atoms with Crippen LogP contribution in [0.15, 0.2) is 18.2 Å². The molecule has 0 aromatic heterocycles. The molecule has 0 radical (unpaired) electrons. The summed E-state index contributed by atoms with van der Waals surface area (Å²) >= 11 is 16.9. The van der Waals surface area contributed by atoms with Crippen LogP contribution in [0, 0.1) is 0 Å². The molecule has 1 N–H and O–H groups in total. The second-order valence-electron chi connectivity index (χ2n) is 4.65. The number of methoxy groups -OCH3 is 1. The molecule has 0 aliphatic heterocycles. The Morgan fingerprint density at radius 3 is 2.11 bits per heavy atom. The van der Waals surface area contributed by atoms with E-state index < -0.39 is 6.10 Å². The molecule has 0 aliphatic carbocycles. The molecule has 18 heavy (non-hydrogen) atoms. The molecule has 0 heterocycles. The zero-order valence-electron chi connectivity index (χ0n) is 11.0. The summed E-state index contributed by atoms with van der Waals surface area (Å²) in [6.07, 6.45) is -0.726. The van der Waals surface area contributed by atoms with E-state index in [1.807, 2.05) is 20.8 Å². The van der Waals surface area contributed by atoms with Gasteiger partial charge >= 0.3 is 0 Å². The first-order valence-corrected chi connectivity index (χ1v) is 6.74. The van der Waals surface area contributed by atoms with E-state index in [4.69, 9.17) is 39.5 Å². The van der Waals surface area contributed by atoms with Crippen molar-refractivity contribution in [2.45, 2.75) is 32.5 Å². The molecular formula is C13H19Cl3O2. The van der Waals surface area contributed by atoms with Gasteiger partial charge in [-0.1, -0.05) is 29.3 Å². The van der Waals surface area contributed by atoms with Gasteiger partial charge in [-0.05, 0) is 32.9 Å². The number of halogens is 3. The summed E-state index contributed by atoms with van der Waals surface area (Å²) in [6.45, 7) is 6.06. The maximum Gasteiger partial charge on any atom is 0.0939 e. The lowest BCUT2D eigenvalue weighted by atomic mass is 10.1. The highest BCUT2D eigenvalue weighted by atomic mass is 35.5. The first kappa shape index (κ1) is 18.0. The lowest BCUT2D eigenvalue weighted by Crippen LogP contribution is -2.15. The van der Waals surface area contributed by atoms with Crippen molar-refractivity contribution in [2.75, 3.05) is 13.0 Å². The molecule has 0 saturated carbocycles. The Hall–Kier alpha value is 0.01000. The second kappa shape index (κ2) is 8.23. The number of alkyl halides is 1. The normalized spacial score (nSPS) is 12.7. The SMILES string of the molecule is COC(C)(C)C.O[C@H](CCl)c1ccc(Cl)cc1Cl. The molecule has 1 rings (SSSR count). The molecule has 1 atom stereocenters. The van der Waals surface area contributed by atoms with Crippen LogP contribution in [0.3, 0.4) is 0 Å². The van der Waals surface area contributed by atoms with Gasteiger partial charge in [-0.25, -0.2) is 0 Å². The van der Waals surface area contributed by atoms with E-state index in [1.54, 1.807) is 25.3 Å². The standard InChI is InChI=1S/C8H7Cl3O.C5H12O/c9-4-8(12)6-2-1-5(10)3-7(6)11;1-5(2,3)6-4/h1-3,8,12H,4H2;1-4H3/t8-;/m1./s1. The van der Waals surface area contributed by atoms with E-state index in [9.17, 15) is 5.11 Å². The second-order valence-corrected chi connectivity index (χ2v) is 5.80. The minimum atomic E-state index is -0.726. The zero-order chi connectivity index (χ0) is 14.3. The van der Waals surface area contributed by atoms with E-state index in [-0.39, 0.29) is 11.5 Å². The van der Waals surface area contributed by atoms with Crippen LogP contribution in [0.25, 0.3) is 0 Å². The number of hydrogen-bond donors (Lipinski definition) is 1.